The number of carbonyl (C=O) groups excluding carboxylic acids is 3. The maximum absolute atomic E-state index is 11.4. The molecular weight excluding hydrogens is 448 g/mol. The number of carbonyl (C=O) groups is 3. The third-order valence-electron chi connectivity index (χ3n) is 4.31. The molecule has 2 unspecified atom stereocenters. The van der Waals surface area contributed by atoms with E-state index in [4.69, 9.17) is 15.0 Å². The van der Waals surface area contributed by atoms with Crippen LogP contribution in [-0.2, 0) is 24.3 Å². The molecule has 2 bridgehead atoms. The topological polar surface area (TPSA) is 201 Å². The van der Waals surface area contributed by atoms with E-state index in [0.717, 1.165) is 11.5 Å². The molecule has 0 saturated carbocycles. The van der Waals surface area contributed by atoms with Crippen LogP contribution in [0.4, 0.5) is 4.79 Å². The van der Waals surface area contributed by atoms with E-state index in [0.29, 0.717) is 25.9 Å². The summed E-state index contributed by atoms with van der Waals surface area (Å²) < 4.78 is 33.5. The minimum absolute atomic E-state index is 0.105. The van der Waals surface area contributed by atoms with Crippen molar-refractivity contribution in [2.45, 2.75) is 45.6 Å². The van der Waals surface area contributed by atoms with Crippen molar-refractivity contribution in [1.29, 1.82) is 5.26 Å². The summed E-state index contributed by atoms with van der Waals surface area (Å²) in [6, 6.07) is 0.833. The predicted octanol–water partition coefficient (Wildman–Crippen LogP) is -0.606. The Bertz CT molecular complexity index is 717. The maximum atomic E-state index is 11.4. The van der Waals surface area contributed by atoms with Crippen LogP contribution in [0.2, 0.25) is 0 Å². The second-order valence-electron chi connectivity index (χ2n) is 6.49. The summed E-state index contributed by atoms with van der Waals surface area (Å²) in [5, 5.41) is 22.4. The normalized spacial score (nSPS) is 19.6. The minimum atomic E-state index is -4.60. The van der Waals surface area contributed by atoms with Crippen molar-refractivity contribution in [2.24, 2.45) is 5.92 Å². The number of hydroxylamine groups is 3. The molecule has 3 saturated heterocycles. The molecule has 0 spiro atoms. The summed E-state index contributed by atoms with van der Waals surface area (Å²) in [7, 11) is -4.60. The Morgan fingerprint density at radius 1 is 1.38 bits per heavy atom. The molecule has 15 heteroatoms. The highest BCUT2D eigenvalue weighted by atomic mass is 32.3. The van der Waals surface area contributed by atoms with Gasteiger partial charge in [-0.1, -0.05) is 13.8 Å². The van der Waals surface area contributed by atoms with Crippen LogP contribution < -0.4 is 16.1 Å². The number of piperidine rings is 1. The molecule has 3 aliphatic rings. The fourth-order valence-corrected chi connectivity index (χ4v) is 3.26. The van der Waals surface area contributed by atoms with Crippen LogP contribution in [0.1, 0.15) is 39.5 Å². The monoisotopic (exact) mass is 480 g/mol. The lowest BCUT2D eigenvalue weighted by atomic mass is 10.1. The average molecular weight is 481 g/mol. The fourth-order valence-electron chi connectivity index (χ4n) is 2.88. The number of rotatable bonds is 6. The van der Waals surface area contributed by atoms with Gasteiger partial charge in [0.15, 0.2) is 0 Å². The minimum Gasteiger partial charge on any atom is -0.357 e. The molecule has 3 rings (SSSR count). The predicted molar refractivity (Wildman–Crippen MR) is 111 cm³/mol. The standard InChI is InChI=1S/C6H10N2O5S.C5H7N3O3.C4H9N.C2H6/c9-6-7-3-1-2-5(4-7)8(6)13-14(10,11)12;6-1-4(2-7-3-9)5(10)8-11;1-2-4-5-3-1;1-2/h5H,1-4H2,(H,10,11,12);3-4,11H,2H2,(H,7,9)(H,8,10);5H,1-4H2;1-2H3. The van der Waals surface area contributed by atoms with E-state index in [9.17, 15) is 22.8 Å². The van der Waals surface area contributed by atoms with Crippen molar-refractivity contribution in [2.75, 3.05) is 32.7 Å². The lowest BCUT2D eigenvalue weighted by molar-refractivity contribution is -0.131. The smallest absolute Gasteiger partial charge is 0.357 e. The number of hydrogen-bond acceptors (Lipinski definition) is 9. The number of hydrogen-bond donors (Lipinski definition) is 5. The number of amides is 4. The van der Waals surface area contributed by atoms with Gasteiger partial charge in [0, 0.05) is 19.6 Å². The third-order valence-corrected chi connectivity index (χ3v) is 4.66. The van der Waals surface area contributed by atoms with Crippen LogP contribution >= 0.6 is 0 Å². The Balaban J connectivity index is 0.000000474. The summed E-state index contributed by atoms with van der Waals surface area (Å²) >= 11 is 0. The molecule has 0 aromatic carbocycles. The van der Waals surface area contributed by atoms with Gasteiger partial charge in [0.1, 0.15) is 5.92 Å². The second kappa shape index (κ2) is 16.2. The molecule has 0 aliphatic carbocycles. The largest absolute Gasteiger partial charge is 0.418 e. The van der Waals surface area contributed by atoms with Gasteiger partial charge in [-0.15, -0.1) is 4.28 Å². The van der Waals surface area contributed by atoms with Gasteiger partial charge in [-0.25, -0.2) is 10.3 Å². The van der Waals surface area contributed by atoms with Crippen molar-refractivity contribution in [3.63, 3.8) is 0 Å². The third kappa shape index (κ3) is 11.2. The van der Waals surface area contributed by atoms with Gasteiger partial charge in [-0.2, -0.15) is 18.7 Å². The van der Waals surface area contributed by atoms with Gasteiger partial charge in [0.2, 0.25) is 6.41 Å². The highest BCUT2D eigenvalue weighted by Gasteiger charge is 2.42. The number of nitrogens with zero attached hydrogens (tertiary/aromatic N) is 3. The maximum Gasteiger partial charge on any atom is 0.418 e. The van der Waals surface area contributed by atoms with E-state index in [2.05, 4.69) is 14.9 Å². The zero-order valence-electron chi connectivity index (χ0n) is 18.2. The Labute approximate surface area is 187 Å². The molecule has 3 aliphatic heterocycles. The molecule has 4 amide bonds. The fraction of sp³-hybridized carbons (Fsp3) is 0.765. The van der Waals surface area contributed by atoms with Crippen LogP contribution in [0.3, 0.4) is 0 Å². The molecule has 3 heterocycles. The Kier molecular flexibility index (Phi) is 14.9. The first kappa shape index (κ1) is 29.5. The van der Waals surface area contributed by atoms with E-state index in [1.54, 1.807) is 6.07 Å². The summed E-state index contributed by atoms with van der Waals surface area (Å²) in [5.41, 5.74) is 1.31. The van der Waals surface area contributed by atoms with Gasteiger partial charge >= 0.3 is 16.4 Å². The zero-order valence-corrected chi connectivity index (χ0v) is 19.0. The van der Waals surface area contributed by atoms with Gasteiger partial charge in [0.25, 0.3) is 5.91 Å². The molecule has 3 fully saturated rings. The van der Waals surface area contributed by atoms with Crippen molar-refractivity contribution in [3.05, 3.63) is 0 Å². The molecule has 0 radical (unpaired) electrons. The first-order valence-electron chi connectivity index (χ1n) is 10.2. The first-order valence-corrected chi connectivity index (χ1v) is 11.6. The van der Waals surface area contributed by atoms with Crippen LogP contribution in [0, 0.1) is 17.2 Å². The van der Waals surface area contributed by atoms with Crippen molar-refractivity contribution in [3.8, 4) is 6.07 Å². The molecule has 0 aromatic heterocycles. The number of nitriles is 1. The lowest BCUT2D eigenvalue weighted by Crippen LogP contribution is -2.35. The van der Waals surface area contributed by atoms with Gasteiger partial charge in [-0.3, -0.25) is 19.3 Å². The Hall–Kier alpha value is -2.51. The summed E-state index contributed by atoms with van der Waals surface area (Å²) in [5.74, 6) is -1.88. The summed E-state index contributed by atoms with van der Waals surface area (Å²) in [4.78, 5) is 33.1. The SMILES string of the molecule is C1CCNC1.CC.N#CC(CNC=O)C(=O)NO.O=C1N2CCCC(C2)N1OS(=O)(=O)O. The highest BCUT2D eigenvalue weighted by molar-refractivity contribution is 7.80. The lowest BCUT2D eigenvalue weighted by Gasteiger charge is -2.20. The van der Waals surface area contributed by atoms with Crippen molar-refractivity contribution in [1.82, 2.24) is 26.1 Å². The van der Waals surface area contributed by atoms with Crippen LogP contribution in [0.25, 0.3) is 0 Å². The van der Waals surface area contributed by atoms with E-state index < -0.39 is 28.3 Å². The van der Waals surface area contributed by atoms with Crippen molar-refractivity contribution < 1.29 is 36.8 Å². The number of nitrogens with one attached hydrogen (secondary N) is 3. The average Bonchev–Trinajstić information content (AvgIpc) is 3.44. The van der Waals surface area contributed by atoms with E-state index >= 15 is 0 Å². The molecule has 5 N–H and O–H groups in total. The van der Waals surface area contributed by atoms with Crippen LogP contribution in [-0.4, -0.2) is 85.3 Å². The van der Waals surface area contributed by atoms with Crippen LogP contribution in [0.15, 0.2) is 0 Å². The summed E-state index contributed by atoms with van der Waals surface area (Å²) in [6.45, 7) is 7.47. The van der Waals surface area contributed by atoms with Gasteiger partial charge < -0.3 is 15.5 Å². The first-order chi connectivity index (χ1) is 15.2. The van der Waals surface area contributed by atoms with Crippen LogP contribution in [0.5, 0.6) is 0 Å². The van der Waals surface area contributed by atoms with E-state index in [1.807, 2.05) is 13.8 Å². The quantitative estimate of drug-likeness (QED) is 0.141. The molecule has 14 nitrogen and oxygen atoms in total. The van der Waals surface area contributed by atoms with Gasteiger partial charge in [0.05, 0.1) is 12.1 Å². The molecule has 32 heavy (non-hydrogen) atoms. The van der Waals surface area contributed by atoms with Crippen molar-refractivity contribution >= 4 is 28.7 Å². The van der Waals surface area contributed by atoms with Gasteiger partial charge in [-0.05, 0) is 38.8 Å². The summed E-state index contributed by atoms with van der Waals surface area (Å²) in [6.07, 6.45) is 4.66. The Morgan fingerprint density at radius 2 is 2.00 bits per heavy atom. The molecule has 2 atom stereocenters. The van der Waals surface area contributed by atoms with E-state index in [1.165, 1.54) is 36.3 Å². The molecule has 184 valence electrons. The second-order valence-corrected chi connectivity index (χ2v) is 7.50. The Morgan fingerprint density at radius 3 is 2.41 bits per heavy atom. The molecule has 0 aromatic rings. The van der Waals surface area contributed by atoms with E-state index in [-0.39, 0.29) is 12.6 Å². The highest BCUT2D eigenvalue weighted by Crippen LogP contribution is 2.26. The zero-order chi connectivity index (χ0) is 24.6. The number of fused-ring (bicyclic) bond motifs is 2. The number of urea groups is 1. The molecular formula is C17H32N6O8S.